The molecule has 1 N–H and O–H groups in total. The standard InChI is InChI=1S/C20H15BrF3N3O2S/c1-26(2)16-7-6-11(9-15(16)21)8-14-17(28)25-19(30)27(18(14)29)13-5-3-4-12(10-13)20(22,23)24/h3-10H,1-2H3,(H,25,28,30)/b14-8-. The zero-order valence-corrected chi connectivity index (χ0v) is 18.2. The van der Waals surface area contributed by atoms with Gasteiger partial charge in [-0.25, -0.2) is 0 Å². The van der Waals surface area contributed by atoms with Crippen LogP contribution in [-0.2, 0) is 15.8 Å². The van der Waals surface area contributed by atoms with Gasteiger partial charge in [0.05, 0.1) is 16.9 Å². The van der Waals surface area contributed by atoms with Crippen LogP contribution in [-0.4, -0.2) is 31.0 Å². The van der Waals surface area contributed by atoms with Crippen molar-refractivity contribution in [2.75, 3.05) is 23.9 Å². The molecule has 0 radical (unpaired) electrons. The fourth-order valence-electron chi connectivity index (χ4n) is 2.86. The van der Waals surface area contributed by atoms with Gasteiger partial charge in [0, 0.05) is 18.6 Å². The van der Waals surface area contributed by atoms with E-state index in [2.05, 4.69) is 21.2 Å². The molecule has 0 spiro atoms. The Kier molecular flexibility index (Phi) is 6.00. The van der Waals surface area contributed by atoms with Gasteiger partial charge in [-0.1, -0.05) is 12.1 Å². The van der Waals surface area contributed by atoms with Crippen LogP contribution < -0.4 is 15.1 Å². The van der Waals surface area contributed by atoms with Crippen LogP contribution in [0, 0.1) is 0 Å². The van der Waals surface area contributed by atoms with Crippen molar-refractivity contribution in [2.24, 2.45) is 0 Å². The van der Waals surface area contributed by atoms with Crippen molar-refractivity contribution in [2.45, 2.75) is 6.18 Å². The number of benzene rings is 2. The third-order valence-electron chi connectivity index (χ3n) is 4.30. The summed E-state index contributed by atoms with van der Waals surface area (Å²) in [5.41, 5.74) is 0.188. The van der Waals surface area contributed by atoms with E-state index in [1.165, 1.54) is 18.2 Å². The first-order chi connectivity index (χ1) is 14.0. The Hall–Kier alpha value is -2.72. The highest BCUT2D eigenvalue weighted by Gasteiger charge is 2.36. The van der Waals surface area contributed by atoms with Crippen LogP contribution in [0.25, 0.3) is 6.08 Å². The zero-order valence-electron chi connectivity index (χ0n) is 15.7. The normalized spacial score (nSPS) is 16.1. The van der Waals surface area contributed by atoms with Gasteiger partial charge < -0.3 is 4.90 Å². The predicted octanol–water partition coefficient (Wildman–Crippen LogP) is 4.37. The Morgan fingerprint density at radius 2 is 1.83 bits per heavy atom. The molecular weight excluding hydrogens is 483 g/mol. The molecule has 156 valence electrons. The van der Waals surface area contributed by atoms with Crippen molar-refractivity contribution < 1.29 is 22.8 Å². The smallest absolute Gasteiger partial charge is 0.377 e. The summed E-state index contributed by atoms with van der Waals surface area (Å²) in [5.74, 6) is -1.53. The number of nitrogens with zero attached hydrogens (tertiary/aromatic N) is 2. The second kappa shape index (κ2) is 8.19. The number of carbonyl (C=O) groups is 2. The molecule has 1 heterocycles. The lowest BCUT2D eigenvalue weighted by Crippen LogP contribution is -2.54. The molecule has 10 heteroatoms. The minimum atomic E-state index is -4.58. The lowest BCUT2D eigenvalue weighted by molar-refractivity contribution is -0.137. The van der Waals surface area contributed by atoms with E-state index in [0.29, 0.717) is 5.56 Å². The molecule has 0 bridgehead atoms. The fourth-order valence-corrected chi connectivity index (χ4v) is 3.89. The van der Waals surface area contributed by atoms with Crippen molar-refractivity contribution >= 4 is 62.5 Å². The summed E-state index contributed by atoms with van der Waals surface area (Å²) < 4.78 is 39.9. The molecule has 0 saturated carbocycles. The lowest BCUT2D eigenvalue weighted by atomic mass is 10.1. The van der Waals surface area contributed by atoms with Crippen LogP contribution in [0.15, 0.2) is 52.5 Å². The number of thiocarbonyl (C=S) groups is 1. The molecule has 5 nitrogen and oxygen atoms in total. The summed E-state index contributed by atoms with van der Waals surface area (Å²) >= 11 is 8.47. The Morgan fingerprint density at radius 3 is 2.43 bits per heavy atom. The van der Waals surface area contributed by atoms with Gasteiger partial charge in [0.2, 0.25) is 0 Å². The molecular formula is C20H15BrF3N3O2S. The Labute approximate surface area is 184 Å². The van der Waals surface area contributed by atoms with Gasteiger partial charge in [-0.15, -0.1) is 0 Å². The summed E-state index contributed by atoms with van der Waals surface area (Å²) in [5, 5.41) is 2.07. The number of hydrogen-bond donors (Lipinski definition) is 1. The molecule has 1 aliphatic rings. The highest BCUT2D eigenvalue weighted by atomic mass is 79.9. The highest BCUT2D eigenvalue weighted by molar-refractivity contribution is 9.10. The molecule has 2 aromatic carbocycles. The first-order valence-electron chi connectivity index (χ1n) is 8.54. The summed E-state index contributed by atoms with van der Waals surface area (Å²) in [7, 11) is 3.73. The average molecular weight is 498 g/mol. The fraction of sp³-hybridized carbons (Fsp3) is 0.150. The number of amides is 2. The summed E-state index contributed by atoms with van der Waals surface area (Å²) in [6, 6.07) is 9.43. The number of anilines is 2. The molecule has 1 saturated heterocycles. The van der Waals surface area contributed by atoms with E-state index >= 15 is 0 Å². The van der Waals surface area contributed by atoms with Crippen molar-refractivity contribution in [3.63, 3.8) is 0 Å². The van der Waals surface area contributed by atoms with E-state index in [1.807, 2.05) is 19.0 Å². The second-order valence-corrected chi connectivity index (χ2v) is 7.85. The van der Waals surface area contributed by atoms with Gasteiger partial charge in [-0.05, 0) is 70.1 Å². The number of halogens is 4. The van der Waals surface area contributed by atoms with Gasteiger partial charge in [0.15, 0.2) is 5.11 Å². The molecule has 0 aliphatic carbocycles. The molecule has 0 unspecified atom stereocenters. The van der Waals surface area contributed by atoms with E-state index in [-0.39, 0.29) is 16.4 Å². The molecule has 1 fully saturated rings. The minimum Gasteiger partial charge on any atom is -0.377 e. The SMILES string of the molecule is CN(C)c1ccc(/C=C2/C(=O)NC(=S)N(c3cccc(C(F)(F)F)c3)C2=O)cc1Br. The van der Waals surface area contributed by atoms with E-state index in [1.54, 1.807) is 18.2 Å². The van der Waals surface area contributed by atoms with Crippen molar-refractivity contribution in [3.8, 4) is 0 Å². The van der Waals surface area contributed by atoms with Crippen LogP contribution in [0.3, 0.4) is 0 Å². The summed E-state index contributed by atoms with van der Waals surface area (Å²) in [4.78, 5) is 28.1. The zero-order chi connectivity index (χ0) is 22.2. The van der Waals surface area contributed by atoms with Crippen molar-refractivity contribution in [1.29, 1.82) is 0 Å². The monoisotopic (exact) mass is 497 g/mol. The van der Waals surface area contributed by atoms with Crippen molar-refractivity contribution in [3.05, 3.63) is 63.6 Å². The molecule has 2 amide bonds. The molecule has 0 aromatic heterocycles. The van der Waals surface area contributed by atoms with E-state index in [0.717, 1.165) is 27.2 Å². The van der Waals surface area contributed by atoms with Crippen LogP contribution in [0.4, 0.5) is 24.5 Å². The quantitative estimate of drug-likeness (QED) is 0.388. The highest BCUT2D eigenvalue weighted by Crippen LogP contribution is 2.33. The van der Waals surface area contributed by atoms with E-state index < -0.39 is 23.6 Å². The Bertz CT molecular complexity index is 1080. The first kappa shape index (κ1) is 22.0. The topological polar surface area (TPSA) is 52.7 Å². The lowest BCUT2D eigenvalue weighted by Gasteiger charge is -2.29. The van der Waals surface area contributed by atoms with Crippen LogP contribution in [0.2, 0.25) is 0 Å². The second-order valence-electron chi connectivity index (χ2n) is 6.61. The maximum Gasteiger partial charge on any atom is 0.416 e. The number of alkyl halides is 3. The van der Waals surface area contributed by atoms with Gasteiger partial charge in [-0.2, -0.15) is 13.2 Å². The van der Waals surface area contributed by atoms with Crippen molar-refractivity contribution in [1.82, 2.24) is 5.32 Å². The van der Waals surface area contributed by atoms with Crippen LogP contribution in [0.1, 0.15) is 11.1 Å². The largest absolute Gasteiger partial charge is 0.416 e. The van der Waals surface area contributed by atoms with Crippen LogP contribution >= 0.6 is 28.1 Å². The summed E-state index contributed by atoms with van der Waals surface area (Å²) in [6.45, 7) is 0. The van der Waals surface area contributed by atoms with E-state index in [9.17, 15) is 22.8 Å². The molecule has 1 aliphatic heterocycles. The summed E-state index contributed by atoms with van der Waals surface area (Å²) in [6.07, 6.45) is -3.22. The average Bonchev–Trinajstić information content (AvgIpc) is 2.64. The first-order valence-corrected chi connectivity index (χ1v) is 9.75. The molecule has 0 atom stereocenters. The minimum absolute atomic E-state index is 0.0881. The van der Waals surface area contributed by atoms with Gasteiger partial charge in [0.25, 0.3) is 11.8 Å². The van der Waals surface area contributed by atoms with Gasteiger partial charge >= 0.3 is 6.18 Å². The predicted molar refractivity (Wildman–Crippen MR) is 116 cm³/mol. The van der Waals surface area contributed by atoms with Gasteiger partial charge in [-0.3, -0.25) is 19.8 Å². The molecule has 30 heavy (non-hydrogen) atoms. The number of hydrogen-bond acceptors (Lipinski definition) is 4. The number of carbonyl (C=O) groups excluding carboxylic acids is 2. The third-order valence-corrected chi connectivity index (χ3v) is 5.22. The van der Waals surface area contributed by atoms with E-state index in [4.69, 9.17) is 12.2 Å². The molecule has 3 rings (SSSR count). The Balaban J connectivity index is 2.01. The number of rotatable bonds is 3. The third kappa shape index (κ3) is 4.39. The van der Waals surface area contributed by atoms with Gasteiger partial charge in [0.1, 0.15) is 5.57 Å². The number of nitrogens with one attached hydrogen (secondary N) is 1. The maximum absolute atomic E-state index is 13.1. The maximum atomic E-state index is 13.1. The van der Waals surface area contributed by atoms with Crippen LogP contribution in [0.5, 0.6) is 0 Å². The molecule has 2 aromatic rings. The Morgan fingerprint density at radius 1 is 1.13 bits per heavy atom.